The number of aromatic nitrogens is 1. The van der Waals surface area contributed by atoms with Gasteiger partial charge in [-0.3, -0.25) is 14.5 Å². The first-order valence-corrected chi connectivity index (χ1v) is 9.40. The molecule has 0 spiro atoms. The molecule has 4 rings (SSSR count). The van der Waals surface area contributed by atoms with Crippen LogP contribution in [0.4, 0.5) is 0 Å². The Kier molecular flexibility index (Phi) is 4.55. The second-order valence-corrected chi connectivity index (χ2v) is 7.66. The Morgan fingerprint density at radius 1 is 1.15 bits per heavy atom. The number of nitrogens with zero attached hydrogens (tertiary/aromatic N) is 1. The fourth-order valence-electron chi connectivity index (χ4n) is 3.05. The van der Waals surface area contributed by atoms with Crippen molar-refractivity contribution in [2.75, 3.05) is 6.54 Å². The van der Waals surface area contributed by atoms with Crippen molar-refractivity contribution in [1.29, 1.82) is 0 Å². The van der Waals surface area contributed by atoms with E-state index in [-0.39, 0.29) is 10.2 Å². The summed E-state index contributed by atoms with van der Waals surface area (Å²) in [4.78, 5) is 28.6. The number of para-hydroxylation sites is 1. The van der Waals surface area contributed by atoms with Crippen LogP contribution >= 0.6 is 24.0 Å². The topological polar surface area (TPSA) is 73.4 Å². The second kappa shape index (κ2) is 7.02. The zero-order chi connectivity index (χ0) is 19.0. The number of aliphatic carboxylic acids is 1. The van der Waals surface area contributed by atoms with Crippen molar-refractivity contribution in [2.45, 2.75) is 0 Å². The van der Waals surface area contributed by atoms with Crippen LogP contribution in [0, 0.1) is 0 Å². The van der Waals surface area contributed by atoms with E-state index < -0.39 is 12.5 Å². The van der Waals surface area contributed by atoms with Crippen LogP contribution in [0.3, 0.4) is 0 Å². The number of hydrogen-bond donors (Lipinski definition) is 2. The Bertz CT molecular complexity index is 1100. The third-order valence-corrected chi connectivity index (χ3v) is 5.63. The maximum Gasteiger partial charge on any atom is 0.323 e. The molecular weight excluding hydrogens is 380 g/mol. The van der Waals surface area contributed by atoms with Crippen LogP contribution in [0.25, 0.3) is 28.2 Å². The molecule has 1 fully saturated rings. The van der Waals surface area contributed by atoms with Crippen LogP contribution in [0.1, 0.15) is 5.56 Å². The zero-order valence-electron chi connectivity index (χ0n) is 14.0. The van der Waals surface area contributed by atoms with Crippen molar-refractivity contribution in [3.05, 3.63) is 65.1 Å². The number of fused-ring (bicyclic) bond motifs is 1. The van der Waals surface area contributed by atoms with E-state index in [9.17, 15) is 9.59 Å². The highest BCUT2D eigenvalue weighted by Crippen LogP contribution is 2.37. The molecule has 1 aliphatic rings. The van der Waals surface area contributed by atoms with Gasteiger partial charge in [0.05, 0.1) is 10.6 Å². The van der Waals surface area contributed by atoms with Gasteiger partial charge in [0.15, 0.2) is 0 Å². The van der Waals surface area contributed by atoms with Gasteiger partial charge in [0.25, 0.3) is 5.91 Å². The molecule has 5 nitrogen and oxygen atoms in total. The van der Waals surface area contributed by atoms with Crippen molar-refractivity contribution in [3.63, 3.8) is 0 Å². The number of carbonyl (C=O) groups excluding carboxylic acids is 1. The first kappa shape index (κ1) is 17.5. The predicted octanol–water partition coefficient (Wildman–Crippen LogP) is 4.12. The average Bonchev–Trinajstić information content (AvgIpc) is 3.15. The number of aromatic amines is 1. The number of thioether (sulfide) groups is 1. The first-order valence-electron chi connectivity index (χ1n) is 8.18. The number of hydrogen-bond acceptors (Lipinski definition) is 4. The Morgan fingerprint density at radius 2 is 1.85 bits per heavy atom. The van der Waals surface area contributed by atoms with Gasteiger partial charge in [-0.25, -0.2) is 0 Å². The molecule has 0 unspecified atom stereocenters. The maximum atomic E-state index is 12.6. The fraction of sp³-hybridized carbons (Fsp3) is 0.0500. The van der Waals surface area contributed by atoms with E-state index in [4.69, 9.17) is 17.3 Å². The molecule has 7 heteroatoms. The summed E-state index contributed by atoms with van der Waals surface area (Å²) in [7, 11) is 0. The van der Waals surface area contributed by atoms with Gasteiger partial charge in [-0.05, 0) is 17.7 Å². The molecule has 27 heavy (non-hydrogen) atoms. The van der Waals surface area contributed by atoms with Crippen molar-refractivity contribution in [3.8, 4) is 11.3 Å². The normalized spacial score (nSPS) is 15.9. The van der Waals surface area contributed by atoms with Crippen molar-refractivity contribution < 1.29 is 14.7 Å². The minimum absolute atomic E-state index is 0.259. The number of nitrogens with one attached hydrogen (secondary N) is 1. The minimum atomic E-state index is -1.09. The molecule has 1 aromatic heterocycles. The lowest BCUT2D eigenvalue weighted by Crippen LogP contribution is -2.33. The van der Waals surface area contributed by atoms with Gasteiger partial charge >= 0.3 is 5.97 Å². The highest BCUT2D eigenvalue weighted by Gasteiger charge is 2.33. The second-order valence-electron chi connectivity index (χ2n) is 5.99. The molecule has 0 aliphatic carbocycles. The van der Waals surface area contributed by atoms with Crippen molar-refractivity contribution in [1.82, 2.24) is 9.88 Å². The summed E-state index contributed by atoms with van der Waals surface area (Å²) >= 11 is 6.31. The van der Waals surface area contributed by atoms with Gasteiger partial charge in [0, 0.05) is 16.5 Å². The maximum absolute atomic E-state index is 12.6. The van der Waals surface area contributed by atoms with Crippen LogP contribution in [0.2, 0.25) is 0 Å². The average molecular weight is 394 g/mol. The standard InChI is InChI=1S/C20H14N2O3S2/c23-17(24)11-22-19(25)16(27-20(22)26)10-14-13-8-4-5-9-15(13)21-18(14)12-6-2-1-3-7-12/h1-10,21H,11H2,(H,23,24). The SMILES string of the molecule is O=C(O)CN1C(=O)C(=Cc2c(-c3ccccc3)[nH]c3ccccc23)SC1=S. The third kappa shape index (κ3) is 3.27. The molecule has 0 bridgehead atoms. The number of carboxylic acid groups (broad SMARTS) is 1. The summed E-state index contributed by atoms with van der Waals surface area (Å²) in [6, 6.07) is 17.7. The number of rotatable bonds is 4. The molecule has 2 aromatic carbocycles. The Labute approximate surface area is 164 Å². The summed E-state index contributed by atoms with van der Waals surface area (Å²) in [6.45, 7) is -0.429. The Hall–Kier alpha value is -2.90. The van der Waals surface area contributed by atoms with E-state index in [2.05, 4.69) is 4.98 Å². The van der Waals surface area contributed by atoms with Crippen LogP contribution in [-0.4, -0.2) is 37.7 Å². The summed E-state index contributed by atoms with van der Waals surface area (Å²) in [5.74, 6) is -1.47. The summed E-state index contributed by atoms with van der Waals surface area (Å²) in [5.41, 5.74) is 3.75. The monoisotopic (exact) mass is 394 g/mol. The molecule has 1 aliphatic heterocycles. The molecule has 1 saturated heterocycles. The smallest absolute Gasteiger partial charge is 0.323 e. The quantitative estimate of drug-likeness (QED) is 0.514. The molecule has 2 N–H and O–H groups in total. The number of H-pyrrole nitrogens is 1. The van der Waals surface area contributed by atoms with Crippen LogP contribution in [-0.2, 0) is 9.59 Å². The number of amides is 1. The van der Waals surface area contributed by atoms with Crippen LogP contribution < -0.4 is 0 Å². The number of carbonyl (C=O) groups is 2. The highest BCUT2D eigenvalue weighted by atomic mass is 32.2. The number of carboxylic acids is 1. The molecule has 3 aromatic rings. The van der Waals surface area contributed by atoms with Crippen LogP contribution in [0.15, 0.2) is 59.5 Å². The van der Waals surface area contributed by atoms with Gasteiger partial charge in [-0.15, -0.1) is 0 Å². The Morgan fingerprint density at radius 3 is 2.59 bits per heavy atom. The lowest BCUT2D eigenvalue weighted by atomic mass is 10.0. The van der Waals surface area contributed by atoms with E-state index in [1.165, 1.54) is 0 Å². The van der Waals surface area contributed by atoms with E-state index >= 15 is 0 Å². The first-order chi connectivity index (χ1) is 13.0. The molecule has 0 radical (unpaired) electrons. The van der Waals surface area contributed by atoms with Gasteiger partial charge in [0.2, 0.25) is 0 Å². The van der Waals surface area contributed by atoms with E-state index in [0.29, 0.717) is 4.91 Å². The zero-order valence-corrected chi connectivity index (χ0v) is 15.6. The minimum Gasteiger partial charge on any atom is -0.480 e. The lowest BCUT2D eigenvalue weighted by Gasteiger charge is -2.10. The molecule has 0 atom stereocenters. The molecule has 0 saturated carbocycles. The Balaban J connectivity index is 1.84. The number of thiocarbonyl (C=S) groups is 1. The third-order valence-electron chi connectivity index (χ3n) is 4.25. The van der Waals surface area contributed by atoms with E-state index in [0.717, 1.165) is 44.4 Å². The molecule has 2 heterocycles. The van der Waals surface area contributed by atoms with Crippen molar-refractivity contribution >= 4 is 57.2 Å². The summed E-state index contributed by atoms with van der Waals surface area (Å²) in [5, 5.41) is 9.99. The van der Waals surface area contributed by atoms with Crippen molar-refractivity contribution in [2.24, 2.45) is 0 Å². The molecular formula is C20H14N2O3S2. The number of benzene rings is 2. The molecule has 134 valence electrons. The fourth-order valence-corrected chi connectivity index (χ4v) is 4.29. The van der Waals surface area contributed by atoms with E-state index in [1.54, 1.807) is 6.08 Å². The van der Waals surface area contributed by atoms with Gasteiger partial charge < -0.3 is 10.1 Å². The van der Waals surface area contributed by atoms with Crippen LogP contribution in [0.5, 0.6) is 0 Å². The summed E-state index contributed by atoms with van der Waals surface area (Å²) in [6.07, 6.45) is 1.79. The van der Waals surface area contributed by atoms with Gasteiger partial charge in [0.1, 0.15) is 10.9 Å². The predicted molar refractivity (Wildman–Crippen MR) is 111 cm³/mol. The van der Waals surface area contributed by atoms with Gasteiger partial charge in [-0.2, -0.15) is 0 Å². The van der Waals surface area contributed by atoms with E-state index in [1.807, 2.05) is 54.6 Å². The lowest BCUT2D eigenvalue weighted by molar-refractivity contribution is -0.140. The van der Waals surface area contributed by atoms with Gasteiger partial charge in [-0.1, -0.05) is 72.5 Å². The molecule has 1 amide bonds. The highest BCUT2D eigenvalue weighted by molar-refractivity contribution is 8.26. The largest absolute Gasteiger partial charge is 0.480 e. The summed E-state index contributed by atoms with van der Waals surface area (Å²) < 4.78 is 0.259.